The maximum Gasteiger partial charge on any atom is 0.319 e. The lowest BCUT2D eigenvalue weighted by molar-refractivity contribution is 0.251. The molecule has 0 atom stereocenters. The van der Waals surface area contributed by atoms with E-state index in [-0.39, 0.29) is 6.03 Å². The molecule has 6 nitrogen and oxygen atoms in total. The van der Waals surface area contributed by atoms with E-state index >= 15 is 0 Å². The van der Waals surface area contributed by atoms with E-state index < -0.39 is 0 Å². The molecule has 2 rings (SSSR count). The van der Waals surface area contributed by atoms with Gasteiger partial charge in [0.05, 0.1) is 21.3 Å². The summed E-state index contributed by atoms with van der Waals surface area (Å²) in [5.74, 6) is 1.62. The SMILES string of the molecule is COc1cc(CNC(=O)Nc2c(C)cc(C)cc2C)cc(OC)c1OC. The van der Waals surface area contributed by atoms with Crippen molar-refractivity contribution < 1.29 is 19.0 Å². The number of benzene rings is 2. The molecule has 0 aliphatic carbocycles. The van der Waals surface area contributed by atoms with Gasteiger partial charge >= 0.3 is 6.03 Å². The topological polar surface area (TPSA) is 68.8 Å². The second-order valence-corrected chi connectivity index (χ2v) is 6.11. The summed E-state index contributed by atoms with van der Waals surface area (Å²) in [5.41, 5.74) is 4.91. The van der Waals surface area contributed by atoms with Gasteiger partial charge in [0.25, 0.3) is 0 Å². The molecule has 0 radical (unpaired) electrons. The van der Waals surface area contributed by atoms with Crippen LogP contribution < -0.4 is 24.8 Å². The van der Waals surface area contributed by atoms with Gasteiger partial charge in [0.1, 0.15) is 0 Å². The molecule has 0 spiro atoms. The molecular weight excluding hydrogens is 332 g/mol. The number of anilines is 1. The van der Waals surface area contributed by atoms with E-state index in [1.807, 2.05) is 45.0 Å². The van der Waals surface area contributed by atoms with Crippen molar-refractivity contribution in [2.45, 2.75) is 27.3 Å². The minimum atomic E-state index is -0.270. The third kappa shape index (κ3) is 4.39. The second kappa shape index (κ2) is 8.47. The van der Waals surface area contributed by atoms with Crippen LogP contribution in [0.1, 0.15) is 22.3 Å². The van der Waals surface area contributed by atoms with Gasteiger partial charge in [0.15, 0.2) is 11.5 Å². The van der Waals surface area contributed by atoms with Crippen molar-refractivity contribution in [3.05, 3.63) is 46.5 Å². The number of nitrogens with one attached hydrogen (secondary N) is 2. The zero-order valence-electron chi connectivity index (χ0n) is 16.1. The number of hydrogen-bond donors (Lipinski definition) is 2. The predicted molar refractivity (Wildman–Crippen MR) is 103 cm³/mol. The first-order valence-corrected chi connectivity index (χ1v) is 8.31. The van der Waals surface area contributed by atoms with E-state index in [1.165, 1.54) is 5.56 Å². The van der Waals surface area contributed by atoms with Gasteiger partial charge in [-0.15, -0.1) is 0 Å². The summed E-state index contributed by atoms with van der Waals surface area (Å²) in [6, 6.07) is 7.44. The largest absolute Gasteiger partial charge is 0.493 e. The first-order valence-electron chi connectivity index (χ1n) is 8.31. The van der Waals surface area contributed by atoms with Crippen LogP contribution in [-0.4, -0.2) is 27.4 Å². The smallest absolute Gasteiger partial charge is 0.319 e. The Bertz CT molecular complexity index is 754. The van der Waals surface area contributed by atoms with Crippen molar-refractivity contribution in [1.82, 2.24) is 5.32 Å². The standard InChI is InChI=1S/C20H26N2O4/c1-12-7-13(2)18(14(3)8-12)22-20(23)21-11-15-9-16(24-4)19(26-6)17(10-15)25-5/h7-10H,11H2,1-6H3,(H2,21,22,23). The highest BCUT2D eigenvalue weighted by Crippen LogP contribution is 2.38. The number of methoxy groups -OCH3 is 3. The Kier molecular flexibility index (Phi) is 6.33. The van der Waals surface area contributed by atoms with E-state index in [0.717, 1.165) is 22.4 Å². The molecule has 0 saturated heterocycles. The van der Waals surface area contributed by atoms with Crippen molar-refractivity contribution in [2.75, 3.05) is 26.6 Å². The van der Waals surface area contributed by atoms with Crippen LogP contribution in [0.15, 0.2) is 24.3 Å². The van der Waals surface area contributed by atoms with Gasteiger partial charge in [-0.25, -0.2) is 4.79 Å². The zero-order valence-corrected chi connectivity index (χ0v) is 16.1. The van der Waals surface area contributed by atoms with Crippen LogP contribution in [-0.2, 0) is 6.54 Å². The zero-order chi connectivity index (χ0) is 19.3. The van der Waals surface area contributed by atoms with Crippen molar-refractivity contribution in [3.8, 4) is 17.2 Å². The first-order chi connectivity index (χ1) is 12.4. The summed E-state index contributed by atoms with van der Waals surface area (Å²) in [6.45, 7) is 6.32. The maximum atomic E-state index is 12.3. The van der Waals surface area contributed by atoms with Crippen molar-refractivity contribution >= 4 is 11.7 Å². The lowest BCUT2D eigenvalue weighted by Crippen LogP contribution is -2.28. The van der Waals surface area contributed by atoms with Gasteiger partial charge in [0, 0.05) is 12.2 Å². The molecule has 6 heteroatoms. The van der Waals surface area contributed by atoms with E-state index in [4.69, 9.17) is 14.2 Å². The quantitative estimate of drug-likeness (QED) is 0.820. The van der Waals surface area contributed by atoms with Crippen molar-refractivity contribution in [1.29, 1.82) is 0 Å². The molecule has 0 aliphatic heterocycles. The van der Waals surface area contributed by atoms with Crippen LogP contribution in [0.25, 0.3) is 0 Å². The average molecular weight is 358 g/mol. The fourth-order valence-corrected chi connectivity index (χ4v) is 2.95. The molecule has 0 fully saturated rings. The fourth-order valence-electron chi connectivity index (χ4n) is 2.95. The molecule has 140 valence electrons. The maximum absolute atomic E-state index is 12.3. The Morgan fingerprint density at radius 3 is 1.88 bits per heavy atom. The highest BCUT2D eigenvalue weighted by atomic mass is 16.5. The summed E-state index contributed by atoms with van der Waals surface area (Å²) in [7, 11) is 4.67. The predicted octanol–water partition coefficient (Wildman–Crippen LogP) is 3.96. The van der Waals surface area contributed by atoms with Crippen molar-refractivity contribution in [3.63, 3.8) is 0 Å². The van der Waals surface area contributed by atoms with Crippen LogP contribution in [0.2, 0.25) is 0 Å². The summed E-state index contributed by atoms with van der Waals surface area (Å²) in [5, 5.41) is 5.77. The van der Waals surface area contributed by atoms with Gasteiger partial charge in [0.2, 0.25) is 5.75 Å². The molecular formula is C20H26N2O4. The lowest BCUT2D eigenvalue weighted by atomic mass is 10.1. The highest BCUT2D eigenvalue weighted by Gasteiger charge is 2.14. The molecule has 2 N–H and O–H groups in total. The molecule has 0 unspecified atom stereocenters. The van der Waals surface area contributed by atoms with E-state index in [1.54, 1.807) is 21.3 Å². The van der Waals surface area contributed by atoms with Gasteiger partial charge in [-0.3, -0.25) is 0 Å². The first kappa shape index (κ1) is 19.4. The summed E-state index contributed by atoms with van der Waals surface area (Å²) < 4.78 is 16.0. The molecule has 0 aromatic heterocycles. The number of aryl methyl sites for hydroxylation is 3. The molecule has 26 heavy (non-hydrogen) atoms. The van der Waals surface area contributed by atoms with Gasteiger partial charge < -0.3 is 24.8 Å². The van der Waals surface area contributed by atoms with E-state index in [2.05, 4.69) is 10.6 Å². The van der Waals surface area contributed by atoms with Gasteiger partial charge in [-0.05, 0) is 49.6 Å². The molecule has 0 heterocycles. The van der Waals surface area contributed by atoms with E-state index in [0.29, 0.717) is 23.8 Å². The molecule has 0 saturated carbocycles. The molecule has 2 aromatic carbocycles. The Morgan fingerprint density at radius 2 is 1.42 bits per heavy atom. The molecule has 0 bridgehead atoms. The Balaban J connectivity index is 2.10. The fraction of sp³-hybridized carbons (Fsp3) is 0.350. The van der Waals surface area contributed by atoms with Gasteiger partial charge in [-0.1, -0.05) is 17.7 Å². The Hall–Kier alpha value is -2.89. The third-order valence-electron chi connectivity index (χ3n) is 4.09. The Morgan fingerprint density at radius 1 is 0.885 bits per heavy atom. The minimum Gasteiger partial charge on any atom is -0.493 e. The van der Waals surface area contributed by atoms with Crippen LogP contribution in [0.5, 0.6) is 17.2 Å². The van der Waals surface area contributed by atoms with Crippen LogP contribution in [0.3, 0.4) is 0 Å². The average Bonchev–Trinajstić information content (AvgIpc) is 2.61. The van der Waals surface area contributed by atoms with Crippen LogP contribution >= 0.6 is 0 Å². The number of urea groups is 1. The summed E-state index contributed by atoms with van der Waals surface area (Å²) in [6.07, 6.45) is 0. The minimum absolute atomic E-state index is 0.270. The van der Waals surface area contributed by atoms with Crippen LogP contribution in [0.4, 0.5) is 10.5 Å². The van der Waals surface area contributed by atoms with Crippen molar-refractivity contribution in [2.24, 2.45) is 0 Å². The number of rotatable bonds is 6. The monoisotopic (exact) mass is 358 g/mol. The number of carbonyl (C=O) groups excluding carboxylic acids is 1. The number of ether oxygens (including phenoxy) is 3. The van der Waals surface area contributed by atoms with E-state index in [9.17, 15) is 4.79 Å². The number of amides is 2. The number of hydrogen-bond acceptors (Lipinski definition) is 4. The van der Waals surface area contributed by atoms with Gasteiger partial charge in [-0.2, -0.15) is 0 Å². The lowest BCUT2D eigenvalue weighted by Gasteiger charge is -2.16. The molecule has 2 aromatic rings. The third-order valence-corrected chi connectivity index (χ3v) is 4.09. The molecule has 2 amide bonds. The molecule has 0 aliphatic rings. The number of carbonyl (C=O) groups is 1. The summed E-state index contributed by atoms with van der Waals surface area (Å²) >= 11 is 0. The summed E-state index contributed by atoms with van der Waals surface area (Å²) in [4.78, 5) is 12.3. The second-order valence-electron chi connectivity index (χ2n) is 6.11. The highest BCUT2D eigenvalue weighted by molar-refractivity contribution is 5.91. The normalized spacial score (nSPS) is 10.2. The van der Waals surface area contributed by atoms with Crippen LogP contribution in [0, 0.1) is 20.8 Å². The Labute approximate surface area is 154 Å².